The lowest BCUT2D eigenvalue weighted by Gasteiger charge is -2.19. The summed E-state index contributed by atoms with van der Waals surface area (Å²) in [5.41, 5.74) is 0.481. The Balaban J connectivity index is 1.97. The summed E-state index contributed by atoms with van der Waals surface area (Å²) in [4.78, 5) is 18.0. The van der Waals surface area contributed by atoms with Gasteiger partial charge in [0, 0.05) is 24.4 Å². The van der Waals surface area contributed by atoms with Gasteiger partial charge in [-0.2, -0.15) is 0 Å². The number of nitrogens with zero attached hydrogens (tertiary/aromatic N) is 2. The monoisotopic (exact) mass is 268 g/mol. The summed E-state index contributed by atoms with van der Waals surface area (Å²) < 4.78 is 0. The van der Waals surface area contributed by atoms with Crippen LogP contribution in [0.4, 0.5) is 0 Å². The minimum atomic E-state index is -0.689. The number of carboxylic acids is 1. The van der Waals surface area contributed by atoms with Crippen LogP contribution in [0.2, 0.25) is 0 Å². The zero-order valence-electron chi connectivity index (χ0n) is 11.1. The van der Waals surface area contributed by atoms with E-state index < -0.39 is 11.4 Å². The molecule has 0 saturated carbocycles. The van der Waals surface area contributed by atoms with E-state index in [9.17, 15) is 9.90 Å². The maximum Gasteiger partial charge on any atom is 0.310 e. The average molecular weight is 268 g/mol. The number of carbonyl (C=O) groups is 1. The molecule has 2 heterocycles. The van der Waals surface area contributed by atoms with Crippen LogP contribution in [0, 0.1) is 5.41 Å². The standard InChI is InChI=1S/C13H20N2O2S/c1-9(2)11-14-10(7-18-11)6-15-5-4-13(3,8-15)12(16)17/h7,9H,4-6,8H2,1-3H3,(H,16,17). The van der Waals surface area contributed by atoms with Crippen molar-refractivity contribution in [2.45, 2.75) is 39.7 Å². The summed E-state index contributed by atoms with van der Waals surface area (Å²) in [6, 6.07) is 0. The summed E-state index contributed by atoms with van der Waals surface area (Å²) >= 11 is 1.69. The van der Waals surface area contributed by atoms with E-state index in [1.165, 1.54) is 0 Å². The molecular formula is C13H20N2O2S. The summed E-state index contributed by atoms with van der Waals surface area (Å²) in [6.45, 7) is 8.34. The van der Waals surface area contributed by atoms with E-state index in [2.05, 4.69) is 29.1 Å². The first-order valence-electron chi connectivity index (χ1n) is 6.31. The third-order valence-electron chi connectivity index (χ3n) is 3.52. The molecule has 4 nitrogen and oxygen atoms in total. The molecule has 1 saturated heterocycles. The number of likely N-dealkylation sites (tertiary alicyclic amines) is 1. The highest BCUT2D eigenvalue weighted by atomic mass is 32.1. The van der Waals surface area contributed by atoms with Crippen molar-refractivity contribution < 1.29 is 9.90 Å². The number of aliphatic carboxylic acids is 1. The first-order valence-corrected chi connectivity index (χ1v) is 7.19. The van der Waals surface area contributed by atoms with Gasteiger partial charge in [-0.05, 0) is 19.9 Å². The van der Waals surface area contributed by atoms with Gasteiger partial charge in [0.2, 0.25) is 0 Å². The number of thiazole rings is 1. The predicted molar refractivity (Wildman–Crippen MR) is 71.8 cm³/mol. The molecule has 2 rings (SSSR count). The zero-order valence-corrected chi connectivity index (χ0v) is 12.0. The Morgan fingerprint density at radius 1 is 1.67 bits per heavy atom. The lowest BCUT2D eigenvalue weighted by molar-refractivity contribution is -0.147. The molecule has 100 valence electrons. The van der Waals surface area contributed by atoms with Gasteiger partial charge < -0.3 is 5.11 Å². The van der Waals surface area contributed by atoms with Crippen LogP contribution in [-0.4, -0.2) is 34.0 Å². The van der Waals surface area contributed by atoms with Gasteiger partial charge in [0.1, 0.15) is 0 Å². The average Bonchev–Trinajstić information content (AvgIpc) is 2.87. The Morgan fingerprint density at radius 2 is 2.39 bits per heavy atom. The van der Waals surface area contributed by atoms with Gasteiger partial charge in [-0.25, -0.2) is 4.98 Å². The Bertz CT molecular complexity index is 444. The highest BCUT2D eigenvalue weighted by Crippen LogP contribution is 2.31. The Kier molecular flexibility index (Phi) is 3.73. The second-order valence-corrected chi connectivity index (χ2v) is 6.55. The van der Waals surface area contributed by atoms with E-state index in [4.69, 9.17) is 0 Å². The SMILES string of the molecule is CC(C)c1nc(CN2CCC(C)(C(=O)O)C2)cs1. The number of carboxylic acid groups (broad SMARTS) is 1. The molecule has 1 atom stereocenters. The minimum absolute atomic E-state index is 0.464. The predicted octanol–water partition coefficient (Wildman–Crippen LogP) is 2.56. The fourth-order valence-electron chi connectivity index (χ4n) is 2.26. The van der Waals surface area contributed by atoms with Crippen molar-refractivity contribution in [3.05, 3.63) is 16.1 Å². The van der Waals surface area contributed by atoms with Crippen LogP contribution < -0.4 is 0 Å². The first-order chi connectivity index (χ1) is 8.40. The maximum atomic E-state index is 11.2. The molecule has 0 radical (unpaired) electrons. The summed E-state index contributed by atoms with van der Waals surface area (Å²) in [5, 5.41) is 12.4. The van der Waals surface area contributed by atoms with Crippen molar-refractivity contribution in [2.24, 2.45) is 5.41 Å². The maximum absolute atomic E-state index is 11.2. The van der Waals surface area contributed by atoms with Crippen molar-refractivity contribution in [2.75, 3.05) is 13.1 Å². The van der Waals surface area contributed by atoms with Gasteiger partial charge in [-0.3, -0.25) is 9.69 Å². The molecule has 5 heteroatoms. The van der Waals surface area contributed by atoms with E-state index in [1.807, 2.05) is 6.92 Å². The topological polar surface area (TPSA) is 53.4 Å². The zero-order chi connectivity index (χ0) is 13.3. The fourth-order valence-corrected chi connectivity index (χ4v) is 3.08. The summed E-state index contributed by atoms with van der Waals surface area (Å²) in [6.07, 6.45) is 0.726. The van der Waals surface area contributed by atoms with Crippen molar-refractivity contribution in [1.82, 2.24) is 9.88 Å². The first kappa shape index (κ1) is 13.5. The van der Waals surface area contributed by atoms with Crippen LogP contribution in [0.3, 0.4) is 0 Å². The van der Waals surface area contributed by atoms with Crippen LogP contribution in [0.5, 0.6) is 0 Å². The number of aromatic nitrogens is 1. The van der Waals surface area contributed by atoms with Crippen LogP contribution in [-0.2, 0) is 11.3 Å². The third-order valence-corrected chi connectivity index (χ3v) is 4.71. The number of hydrogen-bond acceptors (Lipinski definition) is 4. The second kappa shape index (κ2) is 4.97. The number of hydrogen-bond donors (Lipinski definition) is 1. The molecule has 0 spiro atoms. The molecule has 0 aromatic carbocycles. The number of rotatable bonds is 4. The van der Waals surface area contributed by atoms with Gasteiger partial charge >= 0.3 is 5.97 Å². The van der Waals surface area contributed by atoms with E-state index in [-0.39, 0.29) is 0 Å². The van der Waals surface area contributed by atoms with E-state index >= 15 is 0 Å². The highest BCUT2D eigenvalue weighted by Gasteiger charge is 2.40. The Hall–Kier alpha value is -0.940. The third kappa shape index (κ3) is 2.72. The summed E-state index contributed by atoms with van der Waals surface area (Å²) in [5.74, 6) is -0.224. The molecule has 0 aliphatic carbocycles. The van der Waals surface area contributed by atoms with Gasteiger partial charge in [0.25, 0.3) is 0 Å². The normalized spacial score (nSPS) is 24.9. The van der Waals surface area contributed by atoms with Crippen molar-refractivity contribution in [1.29, 1.82) is 0 Å². The molecule has 0 bridgehead atoms. The highest BCUT2D eigenvalue weighted by molar-refractivity contribution is 7.09. The van der Waals surface area contributed by atoms with Gasteiger partial charge in [0.15, 0.2) is 0 Å². The smallest absolute Gasteiger partial charge is 0.310 e. The minimum Gasteiger partial charge on any atom is -0.481 e. The van der Waals surface area contributed by atoms with E-state index in [1.54, 1.807) is 11.3 Å². The quantitative estimate of drug-likeness (QED) is 0.912. The van der Waals surface area contributed by atoms with E-state index in [0.29, 0.717) is 12.5 Å². The Labute approximate surface area is 112 Å². The van der Waals surface area contributed by atoms with Gasteiger partial charge in [-0.15, -0.1) is 11.3 Å². The fraction of sp³-hybridized carbons (Fsp3) is 0.692. The molecule has 18 heavy (non-hydrogen) atoms. The molecule has 1 aliphatic heterocycles. The van der Waals surface area contributed by atoms with Crippen LogP contribution >= 0.6 is 11.3 Å². The molecule has 1 N–H and O–H groups in total. The van der Waals surface area contributed by atoms with Crippen molar-refractivity contribution >= 4 is 17.3 Å². The molecule has 1 unspecified atom stereocenters. The van der Waals surface area contributed by atoms with Crippen LogP contribution in [0.25, 0.3) is 0 Å². The Morgan fingerprint density at radius 3 is 2.89 bits per heavy atom. The molecule has 1 aromatic heterocycles. The lowest BCUT2D eigenvalue weighted by Crippen LogP contribution is -2.31. The van der Waals surface area contributed by atoms with Crippen molar-refractivity contribution in [3.63, 3.8) is 0 Å². The molecule has 1 aliphatic rings. The van der Waals surface area contributed by atoms with Gasteiger partial charge in [-0.1, -0.05) is 13.8 Å². The van der Waals surface area contributed by atoms with E-state index in [0.717, 1.165) is 30.2 Å². The molecule has 1 aromatic rings. The largest absolute Gasteiger partial charge is 0.481 e. The molecule has 0 amide bonds. The lowest BCUT2D eigenvalue weighted by atomic mass is 9.90. The summed E-state index contributed by atoms with van der Waals surface area (Å²) in [7, 11) is 0. The molecule has 1 fully saturated rings. The second-order valence-electron chi connectivity index (χ2n) is 5.66. The van der Waals surface area contributed by atoms with Crippen LogP contribution in [0.15, 0.2) is 5.38 Å². The van der Waals surface area contributed by atoms with Gasteiger partial charge in [0.05, 0.1) is 16.1 Å². The van der Waals surface area contributed by atoms with Crippen molar-refractivity contribution in [3.8, 4) is 0 Å². The van der Waals surface area contributed by atoms with Crippen LogP contribution in [0.1, 0.15) is 43.8 Å². The molecular weight excluding hydrogens is 248 g/mol.